The Labute approximate surface area is 94.1 Å². The minimum Gasteiger partial charge on any atom is -0.370 e. The van der Waals surface area contributed by atoms with Crippen molar-refractivity contribution in [2.24, 2.45) is 0 Å². The summed E-state index contributed by atoms with van der Waals surface area (Å²) in [5.74, 6) is 0. The molecule has 0 saturated carbocycles. The second-order valence-electron chi connectivity index (χ2n) is 4.27. The Morgan fingerprint density at radius 1 is 1.00 bits per heavy atom. The van der Waals surface area contributed by atoms with Crippen LogP contribution in [-0.2, 0) is 0 Å². The summed E-state index contributed by atoms with van der Waals surface area (Å²) >= 11 is 0. The lowest BCUT2D eigenvalue weighted by molar-refractivity contribution is 0.726. The lowest BCUT2D eigenvalue weighted by atomic mass is 10.2. The second-order valence-corrected chi connectivity index (χ2v) is 4.27. The molecule has 0 unspecified atom stereocenters. The maximum absolute atomic E-state index is 3.93. The summed E-state index contributed by atoms with van der Waals surface area (Å²) in [6.45, 7) is 2.29. The monoisotopic (exact) mass is 217 g/mol. The fourth-order valence-electron chi connectivity index (χ4n) is 2.25. The molecule has 16 heavy (non-hydrogen) atoms. The second kappa shape index (κ2) is 4.08. The fraction of sp³-hybridized carbons (Fsp3) is 0.545. The van der Waals surface area contributed by atoms with Gasteiger partial charge in [-0.15, -0.1) is 5.10 Å². The van der Waals surface area contributed by atoms with E-state index in [9.17, 15) is 0 Å². The number of pyridine rings is 1. The number of hydrogen-bond donors (Lipinski definition) is 0. The molecule has 1 aliphatic heterocycles. The first-order valence-corrected chi connectivity index (χ1v) is 5.86. The number of rotatable bonds is 1. The minimum atomic E-state index is 0.804. The SMILES string of the molecule is c1cc2nnnn2cc1N1CCCCCC1. The van der Waals surface area contributed by atoms with Gasteiger partial charge < -0.3 is 4.90 Å². The molecule has 0 aliphatic carbocycles. The summed E-state index contributed by atoms with van der Waals surface area (Å²) in [4.78, 5) is 2.42. The van der Waals surface area contributed by atoms with Crippen LogP contribution in [0.25, 0.3) is 5.65 Å². The fourth-order valence-corrected chi connectivity index (χ4v) is 2.25. The molecule has 3 rings (SSSR count). The lowest BCUT2D eigenvalue weighted by Gasteiger charge is -2.22. The van der Waals surface area contributed by atoms with Crippen molar-refractivity contribution in [3.8, 4) is 0 Å². The van der Waals surface area contributed by atoms with Crippen LogP contribution in [0.1, 0.15) is 25.7 Å². The van der Waals surface area contributed by atoms with E-state index in [1.54, 1.807) is 4.52 Å². The van der Waals surface area contributed by atoms with Crippen molar-refractivity contribution in [3.05, 3.63) is 18.3 Å². The summed E-state index contributed by atoms with van der Waals surface area (Å²) in [5, 5.41) is 11.5. The van der Waals surface area contributed by atoms with Gasteiger partial charge in [-0.1, -0.05) is 12.8 Å². The van der Waals surface area contributed by atoms with E-state index in [0.29, 0.717) is 0 Å². The van der Waals surface area contributed by atoms with Gasteiger partial charge in [-0.25, -0.2) is 0 Å². The molecule has 0 amide bonds. The van der Waals surface area contributed by atoms with Gasteiger partial charge >= 0.3 is 0 Å². The van der Waals surface area contributed by atoms with Crippen molar-refractivity contribution in [2.75, 3.05) is 18.0 Å². The van der Waals surface area contributed by atoms with Gasteiger partial charge in [-0.2, -0.15) is 4.52 Å². The van der Waals surface area contributed by atoms with Crippen LogP contribution in [0.15, 0.2) is 18.3 Å². The van der Waals surface area contributed by atoms with E-state index in [4.69, 9.17) is 0 Å². The molecule has 1 fully saturated rings. The Morgan fingerprint density at radius 2 is 1.81 bits per heavy atom. The first-order chi connectivity index (χ1) is 7.93. The molecule has 3 heterocycles. The van der Waals surface area contributed by atoms with E-state index in [-0.39, 0.29) is 0 Å². The zero-order valence-electron chi connectivity index (χ0n) is 9.21. The van der Waals surface area contributed by atoms with Crippen LogP contribution in [0.5, 0.6) is 0 Å². The summed E-state index contributed by atoms with van der Waals surface area (Å²) in [5.41, 5.74) is 2.03. The number of hydrogen-bond acceptors (Lipinski definition) is 4. The molecular weight excluding hydrogens is 202 g/mol. The lowest BCUT2D eigenvalue weighted by Crippen LogP contribution is -2.24. The first kappa shape index (κ1) is 9.57. The van der Waals surface area contributed by atoms with Crippen LogP contribution in [0.4, 0.5) is 5.69 Å². The van der Waals surface area contributed by atoms with E-state index in [0.717, 1.165) is 18.7 Å². The zero-order valence-corrected chi connectivity index (χ0v) is 9.21. The molecule has 0 bridgehead atoms. The van der Waals surface area contributed by atoms with Gasteiger partial charge in [0.1, 0.15) is 0 Å². The molecule has 0 radical (unpaired) electrons. The standard InChI is InChI=1S/C11H15N5/c1-2-4-8-15(7-3-1)10-5-6-11-12-13-14-16(11)9-10/h5-6,9H,1-4,7-8H2. The topological polar surface area (TPSA) is 46.3 Å². The van der Waals surface area contributed by atoms with Gasteiger partial charge in [0.2, 0.25) is 0 Å². The molecule has 0 atom stereocenters. The van der Waals surface area contributed by atoms with Crippen LogP contribution in [0, 0.1) is 0 Å². The van der Waals surface area contributed by atoms with Crippen LogP contribution in [0.3, 0.4) is 0 Å². The molecule has 0 aromatic carbocycles. The predicted octanol–water partition coefficient (Wildman–Crippen LogP) is 1.50. The van der Waals surface area contributed by atoms with E-state index >= 15 is 0 Å². The van der Waals surface area contributed by atoms with E-state index in [2.05, 4.69) is 26.5 Å². The molecule has 0 spiro atoms. The molecule has 5 nitrogen and oxygen atoms in total. The van der Waals surface area contributed by atoms with Crippen molar-refractivity contribution < 1.29 is 0 Å². The van der Waals surface area contributed by atoms with E-state index < -0.39 is 0 Å². The Hall–Kier alpha value is -1.65. The highest BCUT2D eigenvalue weighted by atomic mass is 15.5. The molecule has 5 heteroatoms. The van der Waals surface area contributed by atoms with Crippen LogP contribution in [0.2, 0.25) is 0 Å². The Morgan fingerprint density at radius 3 is 2.62 bits per heavy atom. The number of tetrazole rings is 1. The predicted molar refractivity (Wildman–Crippen MR) is 61.5 cm³/mol. The third-order valence-electron chi connectivity index (χ3n) is 3.15. The van der Waals surface area contributed by atoms with Crippen molar-refractivity contribution in [1.82, 2.24) is 20.0 Å². The summed E-state index contributed by atoms with van der Waals surface area (Å²) in [7, 11) is 0. The highest BCUT2D eigenvalue weighted by Gasteiger charge is 2.10. The number of aromatic nitrogens is 4. The summed E-state index contributed by atoms with van der Waals surface area (Å²) < 4.78 is 1.74. The molecular formula is C11H15N5. The van der Waals surface area contributed by atoms with Gasteiger partial charge in [0.05, 0.1) is 11.9 Å². The molecule has 84 valence electrons. The van der Waals surface area contributed by atoms with Crippen molar-refractivity contribution >= 4 is 11.3 Å². The maximum Gasteiger partial charge on any atom is 0.179 e. The number of anilines is 1. The van der Waals surface area contributed by atoms with Crippen LogP contribution >= 0.6 is 0 Å². The van der Waals surface area contributed by atoms with Gasteiger partial charge in [0.15, 0.2) is 5.65 Å². The molecule has 1 saturated heterocycles. The highest BCUT2D eigenvalue weighted by molar-refractivity contribution is 5.50. The quantitative estimate of drug-likeness (QED) is 0.726. The molecule has 2 aromatic heterocycles. The smallest absolute Gasteiger partial charge is 0.179 e. The maximum atomic E-state index is 3.93. The molecule has 0 N–H and O–H groups in total. The van der Waals surface area contributed by atoms with Crippen molar-refractivity contribution in [3.63, 3.8) is 0 Å². The van der Waals surface area contributed by atoms with Crippen molar-refractivity contribution in [2.45, 2.75) is 25.7 Å². The first-order valence-electron chi connectivity index (χ1n) is 5.86. The molecule has 1 aliphatic rings. The normalized spacial score (nSPS) is 17.6. The highest BCUT2D eigenvalue weighted by Crippen LogP contribution is 2.19. The van der Waals surface area contributed by atoms with Crippen molar-refractivity contribution in [1.29, 1.82) is 0 Å². The summed E-state index contributed by atoms with van der Waals surface area (Å²) in [6.07, 6.45) is 7.29. The Kier molecular flexibility index (Phi) is 2.44. The zero-order chi connectivity index (χ0) is 10.8. The van der Waals surface area contributed by atoms with Gasteiger partial charge in [-0.3, -0.25) is 0 Å². The average Bonchev–Trinajstić information content (AvgIpc) is 2.61. The van der Waals surface area contributed by atoms with Gasteiger partial charge in [0.25, 0.3) is 0 Å². The van der Waals surface area contributed by atoms with E-state index in [1.807, 2.05) is 12.3 Å². The van der Waals surface area contributed by atoms with Crippen LogP contribution < -0.4 is 4.90 Å². The van der Waals surface area contributed by atoms with E-state index in [1.165, 1.54) is 31.4 Å². The Bertz CT molecular complexity index is 470. The van der Waals surface area contributed by atoms with Gasteiger partial charge in [0, 0.05) is 13.1 Å². The number of nitrogens with zero attached hydrogens (tertiary/aromatic N) is 5. The third-order valence-corrected chi connectivity index (χ3v) is 3.15. The number of fused-ring (bicyclic) bond motifs is 1. The van der Waals surface area contributed by atoms with Crippen LogP contribution in [-0.4, -0.2) is 33.1 Å². The third kappa shape index (κ3) is 1.73. The largest absolute Gasteiger partial charge is 0.370 e. The summed E-state index contributed by atoms with van der Waals surface area (Å²) in [6, 6.07) is 4.08. The van der Waals surface area contributed by atoms with Gasteiger partial charge in [-0.05, 0) is 35.4 Å². The molecule has 2 aromatic rings. The minimum absolute atomic E-state index is 0.804. The Balaban J connectivity index is 1.91. The average molecular weight is 217 g/mol.